The van der Waals surface area contributed by atoms with Crippen molar-refractivity contribution < 1.29 is 12.8 Å². The zero-order valence-electron chi connectivity index (χ0n) is 10.5. The number of halogens is 1. The van der Waals surface area contributed by atoms with Crippen molar-refractivity contribution in [3.63, 3.8) is 0 Å². The number of furan rings is 1. The Morgan fingerprint density at radius 3 is 2.90 bits per heavy atom. The average Bonchev–Trinajstić information content (AvgIpc) is 3.04. The van der Waals surface area contributed by atoms with Gasteiger partial charge in [0.2, 0.25) is 10.0 Å². The highest BCUT2D eigenvalue weighted by Crippen LogP contribution is 2.25. The standard InChI is InChI=1S/C10H14BrN5O3S/c11-10-8(4-7(5-12)19-10)20(17,18)15-3-1-2-9-13-6-14-16-9/h4,6,15H,1-3,5,12H2,(H,13,14,16). The second-order valence-corrected chi connectivity index (χ2v) is 6.44. The highest BCUT2D eigenvalue weighted by molar-refractivity contribution is 9.10. The fraction of sp³-hybridized carbons (Fsp3) is 0.400. The molecule has 110 valence electrons. The molecule has 20 heavy (non-hydrogen) atoms. The Hall–Kier alpha value is -1.23. The number of aryl methyl sites for hydroxylation is 1. The second kappa shape index (κ2) is 6.48. The number of sulfonamides is 1. The van der Waals surface area contributed by atoms with Gasteiger partial charge >= 0.3 is 0 Å². The lowest BCUT2D eigenvalue weighted by Crippen LogP contribution is -2.25. The zero-order chi connectivity index (χ0) is 14.6. The third kappa shape index (κ3) is 3.66. The van der Waals surface area contributed by atoms with Crippen LogP contribution in [0, 0.1) is 0 Å². The Labute approximate surface area is 124 Å². The number of aromatic amines is 1. The van der Waals surface area contributed by atoms with Crippen molar-refractivity contribution in [1.29, 1.82) is 0 Å². The number of nitrogens with one attached hydrogen (secondary N) is 2. The number of nitrogens with zero attached hydrogens (tertiary/aromatic N) is 2. The van der Waals surface area contributed by atoms with Gasteiger partial charge in [-0.1, -0.05) is 0 Å². The third-order valence-electron chi connectivity index (χ3n) is 2.54. The topological polar surface area (TPSA) is 127 Å². The SMILES string of the molecule is NCc1cc(S(=O)(=O)NCCCc2ncn[nH]2)c(Br)o1. The van der Waals surface area contributed by atoms with Gasteiger partial charge in [-0.05, 0) is 22.4 Å². The van der Waals surface area contributed by atoms with Crippen LogP contribution >= 0.6 is 15.9 Å². The van der Waals surface area contributed by atoms with Crippen LogP contribution in [0.1, 0.15) is 18.0 Å². The first-order valence-corrected chi connectivity index (χ1v) is 8.12. The van der Waals surface area contributed by atoms with Gasteiger partial charge in [-0.3, -0.25) is 5.10 Å². The van der Waals surface area contributed by atoms with Crippen molar-refractivity contribution in [1.82, 2.24) is 19.9 Å². The summed E-state index contributed by atoms with van der Waals surface area (Å²) in [6.07, 6.45) is 2.63. The molecule has 10 heteroatoms. The average molecular weight is 364 g/mol. The highest BCUT2D eigenvalue weighted by atomic mass is 79.9. The van der Waals surface area contributed by atoms with Gasteiger partial charge in [0, 0.05) is 19.0 Å². The molecule has 2 aromatic rings. The van der Waals surface area contributed by atoms with Gasteiger partial charge < -0.3 is 10.2 Å². The van der Waals surface area contributed by atoms with E-state index in [0.717, 1.165) is 5.82 Å². The molecule has 0 unspecified atom stereocenters. The normalized spacial score (nSPS) is 11.9. The summed E-state index contributed by atoms with van der Waals surface area (Å²) < 4.78 is 31.9. The third-order valence-corrected chi connectivity index (χ3v) is 4.86. The maximum absolute atomic E-state index is 12.1. The van der Waals surface area contributed by atoms with Crippen molar-refractivity contribution in [3.05, 3.63) is 28.6 Å². The molecule has 0 amide bonds. The molecule has 0 saturated heterocycles. The minimum absolute atomic E-state index is 0.0533. The van der Waals surface area contributed by atoms with Crippen molar-refractivity contribution >= 4 is 26.0 Å². The van der Waals surface area contributed by atoms with Crippen LogP contribution in [0.3, 0.4) is 0 Å². The van der Waals surface area contributed by atoms with Crippen LogP contribution in [0.4, 0.5) is 0 Å². The molecule has 0 fully saturated rings. The molecule has 0 aromatic carbocycles. The number of hydrogen-bond acceptors (Lipinski definition) is 6. The molecule has 0 spiro atoms. The molecule has 2 rings (SSSR count). The van der Waals surface area contributed by atoms with Crippen molar-refractivity contribution in [2.45, 2.75) is 24.3 Å². The van der Waals surface area contributed by atoms with Gasteiger partial charge in [0.1, 0.15) is 22.8 Å². The predicted octanol–water partition coefficient (Wildman–Crippen LogP) is 0.530. The Balaban J connectivity index is 1.91. The van der Waals surface area contributed by atoms with Gasteiger partial charge in [0.15, 0.2) is 4.67 Å². The lowest BCUT2D eigenvalue weighted by molar-refractivity contribution is 0.483. The van der Waals surface area contributed by atoms with E-state index in [-0.39, 0.29) is 16.1 Å². The van der Waals surface area contributed by atoms with Gasteiger partial charge in [-0.2, -0.15) is 5.10 Å². The first kappa shape index (κ1) is 15.2. The first-order valence-electron chi connectivity index (χ1n) is 5.85. The van der Waals surface area contributed by atoms with Crippen molar-refractivity contribution in [2.75, 3.05) is 6.54 Å². The van der Waals surface area contributed by atoms with Crippen LogP contribution in [-0.2, 0) is 23.0 Å². The lowest BCUT2D eigenvalue weighted by Gasteiger charge is -2.04. The van der Waals surface area contributed by atoms with E-state index in [4.69, 9.17) is 10.2 Å². The summed E-state index contributed by atoms with van der Waals surface area (Å²) in [7, 11) is -3.61. The molecule has 0 saturated carbocycles. The molecule has 0 bridgehead atoms. The molecular weight excluding hydrogens is 350 g/mol. The van der Waals surface area contributed by atoms with Gasteiger partial charge in [0.25, 0.3) is 0 Å². The summed E-state index contributed by atoms with van der Waals surface area (Å²) in [6, 6.07) is 1.41. The Morgan fingerprint density at radius 1 is 1.50 bits per heavy atom. The Bertz CT molecular complexity index is 652. The second-order valence-electron chi connectivity index (χ2n) is 3.99. The molecule has 2 heterocycles. The van der Waals surface area contributed by atoms with E-state index < -0.39 is 10.0 Å². The maximum Gasteiger partial charge on any atom is 0.244 e. The summed E-state index contributed by atoms with van der Waals surface area (Å²) in [5, 5.41) is 6.43. The number of nitrogens with two attached hydrogens (primary N) is 1. The largest absolute Gasteiger partial charge is 0.452 e. The smallest absolute Gasteiger partial charge is 0.244 e. The molecule has 0 aliphatic rings. The minimum Gasteiger partial charge on any atom is -0.452 e. The Morgan fingerprint density at radius 2 is 2.30 bits per heavy atom. The summed E-state index contributed by atoms with van der Waals surface area (Å²) >= 11 is 3.07. The number of rotatable bonds is 7. The van der Waals surface area contributed by atoms with E-state index in [1.165, 1.54) is 12.4 Å². The van der Waals surface area contributed by atoms with Crippen LogP contribution in [0.15, 0.2) is 26.4 Å². The molecule has 8 nitrogen and oxygen atoms in total. The van der Waals surface area contributed by atoms with Crippen molar-refractivity contribution in [2.24, 2.45) is 5.73 Å². The fourth-order valence-corrected chi connectivity index (χ4v) is 3.64. The quantitative estimate of drug-likeness (QED) is 0.615. The molecule has 4 N–H and O–H groups in total. The van der Waals surface area contributed by atoms with Crippen molar-refractivity contribution in [3.8, 4) is 0 Å². The van der Waals surface area contributed by atoms with E-state index in [1.54, 1.807) is 0 Å². The van der Waals surface area contributed by atoms with E-state index in [9.17, 15) is 8.42 Å². The monoisotopic (exact) mass is 363 g/mol. The van der Waals surface area contributed by atoms with Crippen LogP contribution in [0.25, 0.3) is 0 Å². The number of H-pyrrole nitrogens is 1. The minimum atomic E-state index is -3.61. The van der Waals surface area contributed by atoms with Gasteiger partial charge in [-0.15, -0.1) is 0 Å². The molecule has 2 aromatic heterocycles. The summed E-state index contributed by atoms with van der Waals surface area (Å²) in [5.41, 5.74) is 5.41. The molecule has 0 aliphatic heterocycles. The van der Waals surface area contributed by atoms with E-state index >= 15 is 0 Å². The summed E-state index contributed by atoms with van der Waals surface area (Å²) in [4.78, 5) is 4.01. The predicted molar refractivity (Wildman–Crippen MR) is 74.2 cm³/mol. The number of aromatic nitrogens is 3. The van der Waals surface area contributed by atoms with E-state index in [2.05, 4.69) is 35.8 Å². The summed E-state index contributed by atoms with van der Waals surface area (Å²) in [6.45, 7) is 0.429. The Kier molecular flexibility index (Phi) is 4.91. The first-order chi connectivity index (χ1) is 9.53. The van der Waals surface area contributed by atoms with E-state index in [0.29, 0.717) is 25.1 Å². The molecule has 0 aliphatic carbocycles. The lowest BCUT2D eigenvalue weighted by atomic mass is 10.3. The fourth-order valence-electron chi connectivity index (χ4n) is 1.57. The zero-order valence-corrected chi connectivity index (χ0v) is 12.9. The van der Waals surface area contributed by atoms with Gasteiger partial charge in [0.05, 0.1) is 6.54 Å². The maximum atomic E-state index is 12.1. The highest BCUT2D eigenvalue weighted by Gasteiger charge is 2.21. The van der Waals surface area contributed by atoms with Gasteiger partial charge in [-0.25, -0.2) is 18.1 Å². The van der Waals surface area contributed by atoms with Crippen LogP contribution < -0.4 is 10.5 Å². The van der Waals surface area contributed by atoms with Crippen LogP contribution in [0.5, 0.6) is 0 Å². The van der Waals surface area contributed by atoms with E-state index in [1.807, 2.05) is 0 Å². The summed E-state index contributed by atoms with van der Waals surface area (Å²) in [5.74, 6) is 1.12. The van der Waals surface area contributed by atoms with Crippen LogP contribution in [-0.4, -0.2) is 30.1 Å². The number of hydrogen-bond donors (Lipinski definition) is 3. The molecular formula is C10H14BrN5O3S. The molecule has 0 atom stereocenters. The molecule has 0 radical (unpaired) electrons. The van der Waals surface area contributed by atoms with Crippen LogP contribution in [0.2, 0.25) is 0 Å².